The van der Waals surface area contributed by atoms with Crippen molar-refractivity contribution in [2.75, 3.05) is 34.4 Å². The summed E-state index contributed by atoms with van der Waals surface area (Å²) in [5.41, 5.74) is 15.7. The zero-order valence-electron chi connectivity index (χ0n) is 30.8. The Morgan fingerprint density at radius 3 is 1.46 bits per heavy atom. The van der Waals surface area contributed by atoms with E-state index < -0.39 is 11.2 Å². The fourth-order valence-electron chi connectivity index (χ4n) is 6.17. The summed E-state index contributed by atoms with van der Waals surface area (Å²) >= 11 is 12.5. The summed E-state index contributed by atoms with van der Waals surface area (Å²) in [6.45, 7) is 8.19. The van der Waals surface area contributed by atoms with Gasteiger partial charge in [-0.15, -0.1) is 0 Å². The lowest BCUT2D eigenvalue weighted by Crippen LogP contribution is -2.17. The van der Waals surface area contributed by atoms with Crippen LogP contribution < -0.4 is 21.3 Å². The zero-order chi connectivity index (χ0) is 39.8. The van der Waals surface area contributed by atoms with E-state index in [1.807, 2.05) is 46.2 Å². The Morgan fingerprint density at radius 1 is 0.679 bits per heavy atom. The Kier molecular flexibility index (Phi) is 10.3. The molecule has 6 aromatic rings. The van der Waals surface area contributed by atoms with Crippen LogP contribution in [0.4, 0.5) is 34.9 Å². The van der Waals surface area contributed by atoms with Crippen molar-refractivity contribution in [3.63, 3.8) is 0 Å². The zero-order valence-corrected chi connectivity index (χ0v) is 32.3. The molecular formula is C40H36Cl2N10O4. The molecule has 0 amide bonds. The number of fused-ring (bicyclic) bond motifs is 2. The molecule has 56 heavy (non-hydrogen) atoms. The summed E-state index contributed by atoms with van der Waals surface area (Å²) in [7, 11) is 0. The molecule has 2 aliphatic rings. The molecular weight excluding hydrogens is 755 g/mol. The van der Waals surface area contributed by atoms with Crippen molar-refractivity contribution >= 4 is 58.1 Å². The monoisotopic (exact) mass is 790 g/mol. The van der Waals surface area contributed by atoms with Crippen LogP contribution in [0.25, 0.3) is 0 Å². The highest BCUT2D eigenvalue weighted by molar-refractivity contribution is 6.33. The molecule has 8 rings (SSSR count). The number of rotatable bonds is 4. The molecule has 0 spiro atoms. The maximum absolute atomic E-state index is 10.6. The van der Waals surface area contributed by atoms with E-state index in [2.05, 4.69) is 53.9 Å². The summed E-state index contributed by atoms with van der Waals surface area (Å²) in [6.07, 6.45) is 4.71. The van der Waals surface area contributed by atoms with Crippen LogP contribution in [0.3, 0.4) is 0 Å². The quantitative estimate of drug-likeness (QED) is 0.153. The molecule has 16 heteroatoms. The lowest BCUT2D eigenvalue weighted by molar-refractivity contribution is 0.0870. The largest absolute Gasteiger partial charge is 0.371 e. The number of nitrogens with zero attached hydrogens (tertiary/aromatic N) is 8. The van der Waals surface area contributed by atoms with E-state index >= 15 is 0 Å². The molecule has 284 valence electrons. The molecule has 0 aliphatic carbocycles. The number of nitrogens with two attached hydrogens (primary N) is 2. The van der Waals surface area contributed by atoms with Crippen molar-refractivity contribution in [3.05, 3.63) is 116 Å². The molecule has 0 saturated heterocycles. The normalized spacial score (nSPS) is 14.9. The van der Waals surface area contributed by atoms with Gasteiger partial charge in [0.05, 0.1) is 23.8 Å². The van der Waals surface area contributed by atoms with Gasteiger partial charge in [0.2, 0.25) is 11.9 Å². The number of aryl methyl sites for hydroxylation is 2. The topological polar surface area (TPSA) is 203 Å². The van der Waals surface area contributed by atoms with Crippen LogP contribution in [-0.2, 0) is 24.0 Å². The Balaban J connectivity index is 0.000000172. The standard InChI is InChI=1S/2C20H18ClN5O2/c2*1-12-9-17(28-25-12)20(2,27)7-5-13-3-4-14-6-8-26(16(14)10-13)18-15(21)11-23-19(22)24-18/h2*3-4,9-11,27H,6,8H2,1-2H3,(H2,22,23,24)/t2*20-/m10/s1. The summed E-state index contributed by atoms with van der Waals surface area (Å²) in [5.74, 6) is 13.8. The van der Waals surface area contributed by atoms with E-state index in [4.69, 9.17) is 43.7 Å². The summed E-state index contributed by atoms with van der Waals surface area (Å²) in [5, 5.41) is 29.6. The SMILES string of the molecule is Cc1cc([C@@](C)(O)C#Cc2ccc3c(c2)N(c2nc(N)ncc2Cl)CC3)on1.Cc1cc([C@](C)(O)C#Cc2ccc3c(c2)N(c2nc(N)ncc2Cl)CC3)on1. The summed E-state index contributed by atoms with van der Waals surface area (Å²) in [4.78, 5) is 20.4. The average molecular weight is 792 g/mol. The highest BCUT2D eigenvalue weighted by Gasteiger charge is 2.28. The van der Waals surface area contributed by atoms with Gasteiger partial charge in [0, 0.05) is 47.7 Å². The molecule has 14 nitrogen and oxygen atoms in total. The molecule has 2 atom stereocenters. The predicted octanol–water partition coefficient (Wildman–Crippen LogP) is 5.92. The van der Waals surface area contributed by atoms with Crippen molar-refractivity contribution in [2.24, 2.45) is 0 Å². The van der Waals surface area contributed by atoms with Gasteiger partial charge in [-0.25, -0.2) is 9.97 Å². The van der Waals surface area contributed by atoms with E-state index in [0.29, 0.717) is 44.6 Å². The Labute approximate surface area is 332 Å². The number of aromatic nitrogens is 6. The lowest BCUT2D eigenvalue weighted by atomic mass is 10.0. The number of aliphatic hydroxyl groups is 2. The van der Waals surface area contributed by atoms with Crippen LogP contribution in [0.15, 0.2) is 70.0 Å². The molecule has 0 unspecified atom stereocenters. The molecule has 0 bridgehead atoms. The van der Waals surface area contributed by atoms with E-state index in [0.717, 1.165) is 59.6 Å². The molecule has 6 heterocycles. The average Bonchev–Trinajstić information content (AvgIpc) is 3.99. The number of benzene rings is 2. The summed E-state index contributed by atoms with van der Waals surface area (Å²) < 4.78 is 10.3. The van der Waals surface area contributed by atoms with E-state index in [1.165, 1.54) is 12.4 Å². The maximum Gasteiger partial charge on any atom is 0.222 e. The van der Waals surface area contributed by atoms with Crippen LogP contribution in [0.1, 0.15) is 59.0 Å². The van der Waals surface area contributed by atoms with Crippen molar-refractivity contribution in [1.82, 2.24) is 30.2 Å². The van der Waals surface area contributed by atoms with Crippen molar-refractivity contribution in [3.8, 4) is 23.7 Å². The third-order valence-electron chi connectivity index (χ3n) is 9.08. The van der Waals surface area contributed by atoms with Gasteiger partial charge in [-0.05, 0) is 75.9 Å². The second-order valence-electron chi connectivity index (χ2n) is 13.6. The van der Waals surface area contributed by atoms with Crippen molar-refractivity contribution in [1.29, 1.82) is 0 Å². The van der Waals surface area contributed by atoms with Gasteiger partial charge in [0.25, 0.3) is 0 Å². The molecule has 0 radical (unpaired) electrons. The maximum atomic E-state index is 10.6. The first kappa shape index (κ1) is 38.1. The Bertz CT molecular complexity index is 2400. The minimum Gasteiger partial charge on any atom is -0.371 e. The molecule has 4 aromatic heterocycles. The fourth-order valence-corrected chi connectivity index (χ4v) is 6.56. The third kappa shape index (κ3) is 8.10. The first-order valence-electron chi connectivity index (χ1n) is 17.4. The third-order valence-corrected chi connectivity index (χ3v) is 9.61. The minimum atomic E-state index is -1.44. The first-order chi connectivity index (χ1) is 26.7. The van der Waals surface area contributed by atoms with Crippen LogP contribution in [0, 0.1) is 37.5 Å². The van der Waals surface area contributed by atoms with Crippen LogP contribution >= 0.6 is 23.2 Å². The number of hydrogen-bond donors (Lipinski definition) is 4. The Morgan fingerprint density at radius 2 is 1.09 bits per heavy atom. The minimum absolute atomic E-state index is 0.169. The highest BCUT2D eigenvalue weighted by atomic mass is 35.5. The van der Waals surface area contributed by atoms with Gasteiger partial charge in [-0.3, -0.25) is 0 Å². The van der Waals surface area contributed by atoms with Crippen LogP contribution in [0.5, 0.6) is 0 Å². The molecule has 6 N–H and O–H groups in total. The van der Waals surface area contributed by atoms with E-state index in [-0.39, 0.29) is 11.9 Å². The predicted molar refractivity (Wildman–Crippen MR) is 213 cm³/mol. The van der Waals surface area contributed by atoms with Crippen LogP contribution in [0.2, 0.25) is 10.0 Å². The van der Waals surface area contributed by atoms with Crippen LogP contribution in [-0.4, -0.2) is 53.6 Å². The van der Waals surface area contributed by atoms with E-state index in [9.17, 15) is 10.2 Å². The van der Waals surface area contributed by atoms with Gasteiger partial charge in [0.15, 0.2) is 34.4 Å². The number of anilines is 6. The van der Waals surface area contributed by atoms with Gasteiger partial charge >= 0.3 is 0 Å². The second-order valence-corrected chi connectivity index (χ2v) is 14.4. The van der Waals surface area contributed by atoms with Gasteiger partial charge in [-0.2, -0.15) is 9.97 Å². The van der Waals surface area contributed by atoms with Gasteiger partial charge in [-0.1, -0.05) is 69.3 Å². The molecule has 0 saturated carbocycles. The van der Waals surface area contributed by atoms with E-state index in [1.54, 1.807) is 39.8 Å². The Hall–Kier alpha value is -6.16. The first-order valence-corrected chi connectivity index (χ1v) is 18.2. The second kappa shape index (κ2) is 15.2. The lowest BCUT2D eigenvalue weighted by Gasteiger charge is -2.19. The molecule has 2 aliphatic heterocycles. The number of nitrogen functional groups attached to an aromatic ring is 2. The smallest absolute Gasteiger partial charge is 0.222 e. The number of halogens is 2. The van der Waals surface area contributed by atoms with Crippen molar-refractivity contribution in [2.45, 2.75) is 51.7 Å². The fraction of sp³-hybridized carbons (Fsp3) is 0.250. The number of hydrogen-bond acceptors (Lipinski definition) is 14. The summed E-state index contributed by atoms with van der Waals surface area (Å²) in [6, 6.07) is 15.1. The highest BCUT2D eigenvalue weighted by Crippen LogP contribution is 2.39. The molecule has 0 fully saturated rings. The van der Waals surface area contributed by atoms with Gasteiger partial charge < -0.3 is 40.5 Å². The van der Waals surface area contributed by atoms with Crippen molar-refractivity contribution < 1.29 is 19.3 Å². The molecule has 2 aromatic carbocycles. The van der Waals surface area contributed by atoms with Gasteiger partial charge in [0.1, 0.15) is 10.0 Å².